The van der Waals surface area contributed by atoms with E-state index in [1.807, 2.05) is 12.1 Å². The van der Waals surface area contributed by atoms with Gasteiger partial charge in [-0.25, -0.2) is 13.6 Å². The molecule has 2 rings (SSSR count). The van der Waals surface area contributed by atoms with Gasteiger partial charge in [0.05, 0.1) is 5.75 Å². The topological polar surface area (TPSA) is 72.2 Å². The molecule has 4 nitrogen and oxygen atoms in total. The van der Waals surface area contributed by atoms with Crippen molar-refractivity contribution in [3.63, 3.8) is 0 Å². The van der Waals surface area contributed by atoms with Crippen molar-refractivity contribution in [2.75, 3.05) is 5.32 Å². The Kier molecular flexibility index (Phi) is 3.16. The van der Waals surface area contributed by atoms with Crippen LogP contribution in [0.3, 0.4) is 0 Å². The van der Waals surface area contributed by atoms with Crippen LogP contribution in [0, 0.1) is 0 Å². The lowest BCUT2D eigenvalue weighted by molar-refractivity contribution is 0.445. The molecule has 16 heavy (non-hydrogen) atoms. The summed E-state index contributed by atoms with van der Waals surface area (Å²) in [7, 11) is -3.43. The Balaban J connectivity index is 1.98. The lowest BCUT2D eigenvalue weighted by Gasteiger charge is -2.27. The Bertz CT molecular complexity index is 449. The predicted octanol–water partition coefficient (Wildman–Crippen LogP) is 1.44. The highest BCUT2D eigenvalue weighted by Gasteiger charge is 2.16. The molecule has 0 unspecified atom stereocenters. The van der Waals surface area contributed by atoms with Gasteiger partial charge in [0.2, 0.25) is 10.0 Å². The Morgan fingerprint density at radius 2 is 1.88 bits per heavy atom. The van der Waals surface area contributed by atoms with Crippen LogP contribution in [0.5, 0.6) is 0 Å². The zero-order valence-corrected chi connectivity index (χ0v) is 9.83. The molecule has 1 aliphatic rings. The highest BCUT2D eigenvalue weighted by molar-refractivity contribution is 7.88. The summed E-state index contributed by atoms with van der Waals surface area (Å²) in [6, 6.07) is 7.98. The van der Waals surface area contributed by atoms with Crippen molar-refractivity contribution in [2.24, 2.45) is 5.14 Å². The van der Waals surface area contributed by atoms with Gasteiger partial charge < -0.3 is 5.32 Å². The van der Waals surface area contributed by atoms with Crippen LogP contribution in [0.25, 0.3) is 0 Å². The van der Waals surface area contributed by atoms with Crippen molar-refractivity contribution >= 4 is 15.7 Å². The zero-order chi connectivity index (χ0) is 11.6. The molecule has 0 saturated heterocycles. The number of hydrogen-bond acceptors (Lipinski definition) is 3. The molecule has 0 amide bonds. The average Bonchev–Trinajstić information content (AvgIpc) is 2.11. The molecule has 0 spiro atoms. The normalized spacial score (nSPS) is 16.8. The lowest BCUT2D eigenvalue weighted by Crippen LogP contribution is -2.26. The second kappa shape index (κ2) is 4.43. The number of nitrogens with one attached hydrogen (secondary N) is 1. The highest BCUT2D eigenvalue weighted by atomic mass is 32.2. The number of sulfonamides is 1. The van der Waals surface area contributed by atoms with Crippen LogP contribution < -0.4 is 10.5 Å². The summed E-state index contributed by atoms with van der Waals surface area (Å²) in [5.74, 6) is -0.100. The first-order valence-electron chi connectivity index (χ1n) is 5.39. The molecule has 0 bridgehead atoms. The summed E-state index contributed by atoms with van der Waals surface area (Å²) in [4.78, 5) is 0. The summed E-state index contributed by atoms with van der Waals surface area (Å²) < 4.78 is 21.8. The maximum atomic E-state index is 10.9. The van der Waals surface area contributed by atoms with Gasteiger partial charge in [0, 0.05) is 11.7 Å². The fraction of sp³-hybridized carbons (Fsp3) is 0.455. The van der Waals surface area contributed by atoms with Crippen LogP contribution in [0.1, 0.15) is 24.8 Å². The first kappa shape index (κ1) is 11.4. The predicted molar refractivity (Wildman–Crippen MR) is 64.5 cm³/mol. The van der Waals surface area contributed by atoms with Gasteiger partial charge in [0.25, 0.3) is 0 Å². The second-order valence-electron chi connectivity index (χ2n) is 4.28. The van der Waals surface area contributed by atoms with Crippen LogP contribution in [0.2, 0.25) is 0 Å². The number of rotatable bonds is 4. The monoisotopic (exact) mass is 240 g/mol. The van der Waals surface area contributed by atoms with Crippen molar-refractivity contribution in [3.05, 3.63) is 29.8 Å². The maximum absolute atomic E-state index is 10.9. The minimum absolute atomic E-state index is 0.100. The molecule has 88 valence electrons. The van der Waals surface area contributed by atoms with E-state index in [1.165, 1.54) is 19.3 Å². The van der Waals surface area contributed by atoms with E-state index in [9.17, 15) is 8.42 Å². The number of primary sulfonamides is 1. The molecule has 3 N–H and O–H groups in total. The van der Waals surface area contributed by atoms with Gasteiger partial charge in [-0.3, -0.25) is 0 Å². The average molecular weight is 240 g/mol. The van der Waals surface area contributed by atoms with E-state index in [4.69, 9.17) is 5.14 Å². The third-order valence-corrected chi connectivity index (χ3v) is 3.53. The molecular formula is C11H16N2O2S. The number of nitrogens with two attached hydrogens (primary N) is 1. The van der Waals surface area contributed by atoms with Crippen LogP contribution in [-0.4, -0.2) is 14.5 Å². The number of benzene rings is 1. The molecule has 0 atom stereocenters. The Morgan fingerprint density at radius 3 is 2.31 bits per heavy atom. The van der Waals surface area contributed by atoms with Crippen LogP contribution in [0.15, 0.2) is 24.3 Å². The third kappa shape index (κ3) is 3.21. The minimum atomic E-state index is -3.43. The van der Waals surface area contributed by atoms with Crippen molar-refractivity contribution in [1.82, 2.24) is 0 Å². The number of anilines is 1. The van der Waals surface area contributed by atoms with Gasteiger partial charge in [-0.05, 0) is 37.0 Å². The largest absolute Gasteiger partial charge is 0.382 e. The minimum Gasteiger partial charge on any atom is -0.382 e. The van der Waals surface area contributed by atoms with Crippen molar-refractivity contribution in [2.45, 2.75) is 31.1 Å². The first-order chi connectivity index (χ1) is 7.53. The van der Waals surface area contributed by atoms with E-state index in [0.717, 1.165) is 11.3 Å². The molecule has 5 heteroatoms. The molecule has 1 aromatic rings. The fourth-order valence-electron chi connectivity index (χ4n) is 1.72. The summed E-state index contributed by atoms with van der Waals surface area (Å²) in [5.41, 5.74) is 1.77. The Hall–Kier alpha value is -1.07. The van der Waals surface area contributed by atoms with Gasteiger partial charge >= 0.3 is 0 Å². The van der Waals surface area contributed by atoms with E-state index in [2.05, 4.69) is 5.32 Å². The Morgan fingerprint density at radius 1 is 1.25 bits per heavy atom. The van der Waals surface area contributed by atoms with Crippen molar-refractivity contribution in [3.8, 4) is 0 Å². The summed E-state index contributed by atoms with van der Waals surface area (Å²) in [5, 5.41) is 8.36. The van der Waals surface area contributed by atoms with E-state index in [1.54, 1.807) is 12.1 Å². The van der Waals surface area contributed by atoms with Gasteiger partial charge in [0.15, 0.2) is 0 Å². The number of hydrogen-bond donors (Lipinski definition) is 2. The maximum Gasteiger partial charge on any atom is 0.213 e. The SMILES string of the molecule is NS(=O)(=O)Cc1ccc(NC2CCC2)cc1. The lowest BCUT2D eigenvalue weighted by atomic mass is 9.93. The van der Waals surface area contributed by atoms with Gasteiger partial charge in [-0.1, -0.05) is 12.1 Å². The van der Waals surface area contributed by atoms with E-state index < -0.39 is 10.0 Å². The molecular weight excluding hydrogens is 224 g/mol. The molecule has 0 heterocycles. The van der Waals surface area contributed by atoms with Crippen molar-refractivity contribution < 1.29 is 8.42 Å². The second-order valence-corrected chi connectivity index (χ2v) is 5.89. The molecule has 1 aliphatic carbocycles. The third-order valence-electron chi connectivity index (χ3n) is 2.80. The molecule has 1 saturated carbocycles. The van der Waals surface area contributed by atoms with Gasteiger partial charge in [-0.2, -0.15) is 0 Å². The van der Waals surface area contributed by atoms with Crippen LogP contribution >= 0.6 is 0 Å². The smallest absolute Gasteiger partial charge is 0.213 e. The summed E-state index contributed by atoms with van der Waals surface area (Å²) in [6.45, 7) is 0. The fourth-order valence-corrected chi connectivity index (χ4v) is 2.37. The van der Waals surface area contributed by atoms with E-state index in [0.29, 0.717) is 6.04 Å². The molecule has 1 aromatic carbocycles. The van der Waals surface area contributed by atoms with Gasteiger partial charge in [0.1, 0.15) is 0 Å². The van der Waals surface area contributed by atoms with Crippen LogP contribution in [0.4, 0.5) is 5.69 Å². The summed E-state index contributed by atoms with van der Waals surface area (Å²) in [6.07, 6.45) is 3.74. The standard InChI is InChI=1S/C11H16N2O2S/c12-16(14,15)8-9-4-6-11(7-5-9)13-10-2-1-3-10/h4-7,10,13H,1-3,8H2,(H2,12,14,15). The quantitative estimate of drug-likeness (QED) is 0.836. The molecule has 0 radical (unpaired) electrons. The molecule has 0 aliphatic heterocycles. The van der Waals surface area contributed by atoms with Crippen molar-refractivity contribution in [1.29, 1.82) is 0 Å². The van der Waals surface area contributed by atoms with E-state index >= 15 is 0 Å². The van der Waals surface area contributed by atoms with Gasteiger partial charge in [-0.15, -0.1) is 0 Å². The first-order valence-corrected chi connectivity index (χ1v) is 7.10. The van der Waals surface area contributed by atoms with E-state index in [-0.39, 0.29) is 5.75 Å². The highest BCUT2D eigenvalue weighted by Crippen LogP contribution is 2.23. The van der Waals surface area contributed by atoms with Crippen LogP contribution in [-0.2, 0) is 15.8 Å². The summed E-state index contributed by atoms with van der Waals surface area (Å²) >= 11 is 0. The zero-order valence-electron chi connectivity index (χ0n) is 9.02. The molecule has 0 aromatic heterocycles. The Labute approximate surface area is 95.9 Å². The molecule has 1 fully saturated rings.